The summed E-state index contributed by atoms with van der Waals surface area (Å²) in [7, 11) is 0. The van der Waals surface area contributed by atoms with E-state index in [-0.39, 0.29) is 5.69 Å². The van der Waals surface area contributed by atoms with Gasteiger partial charge in [0.1, 0.15) is 12.4 Å². The number of nitrogens with zero attached hydrogens (tertiary/aromatic N) is 4. The molecule has 6 nitrogen and oxygen atoms in total. The smallest absolute Gasteiger partial charge is 0.305 e. The zero-order valence-electron chi connectivity index (χ0n) is 9.17. The average Bonchev–Trinajstić information content (AvgIpc) is 3.10. The van der Waals surface area contributed by atoms with Gasteiger partial charge in [-0.05, 0) is 19.3 Å². The molecule has 0 bridgehead atoms. The van der Waals surface area contributed by atoms with Crippen LogP contribution in [0.5, 0.6) is 0 Å². The summed E-state index contributed by atoms with van der Waals surface area (Å²) in [5.41, 5.74) is -0.0593. The van der Waals surface area contributed by atoms with Crippen LogP contribution >= 0.6 is 0 Å². The van der Waals surface area contributed by atoms with Crippen molar-refractivity contribution in [1.29, 1.82) is 0 Å². The summed E-state index contributed by atoms with van der Waals surface area (Å²) in [5.74, 6) is 0.606. The van der Waals surface area contributed by atoms with Crippen molar-refractivity contribution < 1.29 is 4.92 Å². The van der Waals surface area contributed by atoms with Crippen LogP contribution in [-0.2, 0) is 0 Å². The lowest BCUT2D eigenvalue weighted by Crippen LogP contribution is -2.28. The molecule has 2 rings (SSSR count). The van der Waals surface area contributed by atoms with Crippen molar-refractivity contribution in [3.05, 3.63) is 22.5 Å². The maximum absolute atomic E-state index is 10.5. The lowest BCUT2D eigenvalue weighted by molar-refractivity contribution is -0.385. The Hall–Kier alpha value is -1.72. The van der Waals surface area contributed by atoms with Gasteiger partial charge in [0.2, 0.25) is 5.95 Å². The molecule has 0 spiro atoms. The Balaban J connectivity index is 2.14. The first-order chi connectivity index (χ1) is 7.72. The number of aromatic nitrogens is 2. The van der Waals surface area contributed by atoms with E-state index in [0.717, 1.165) is 13.0 Å². The molecule has 1 aromatic rings. The Morgan fingerprint density at radius 3 is 2.56 bits per heavy atom. The zero-order chi connectivity index (χ0) is 11.5. The summed E-state index contributed by atoms with van der Waals surface area (Å²) in [6, 6.07) is 0.529. The minimum Gasteiger partial charge on any atom is -0.338 e. The van der Waals surface area contributed by atoms with Crippen molar-refractivity contribution in [2.24, 2.45) is 0 Å². The van der Waals surface area contributed by atoms with Crippen LogP contribution in [0.25, 0.3) is 0 Å². The summed E-state index contributed by atoms with van der Waals surface area (Å²) in [4.78, 5) is 20.2. The second-order valence-corrected chi connectivity index (χ2v) is 3.92. The van der Waals surface area contributed by atoms with Crippen LogP contribution < -0.4 is 4.90 Å². The fraction of sp³-hybridized carbons (Fsp3) is 0.600. The minimum absolute atomic E-state index is 0.0593. The lowest BCUT2D eigenvalue weighted by Gasteiger charge is -2.20. The van der Waals surface area contributed by atoms with E-state index >= 15 is 0 Å². The van der Waals surface area contributed by atoms with E-state index in [2.05, 4.69) is 21.8 Å². The molecule has 1 aliphatic rings. The van der Waals surface area contributed by atoms with Gasteiger partial charge in [-0.25, -0.2) is 9.97 Å². The maximum atomic E-state index is 10.5. The Kier molecular flexibility index (Phi) is 2.98. The van der Waals surface area contributed by atoms with Crippen LogP contribution in [0.1, 0.15) is 26.2 Å². The Morgan fingerprint density at radius 1 is 1.50 bits per heavy atom. The third kappa shape index (κ3) is 2.26. The van der Waals surface area contributed by atoms with Gasteiger partial charge in [-0.2, -0.15) is 0 Å². The van der Waals surface area contributed by atoms with Gasteiger partial charge in [-0.3, -0.25) is 10.1 Å². The van der Waals surface area contributed by atoms with Crippen LogP contribution in [0, 0.1) is 10.1 Å². The van der Waals surface area contributed by atoms with Crippen LogP contribution in [0.15, 0.2) is 12.4 Å². The number of hydrogen-bond acceptors (Lipinski definition) is 5. The highest BCUT2D eigenvalue weighted by Crippen LogP contribution is 2.29. The van der Waals surface area contributed by atoms with Gasteiger partial charge in [-0.15, -0.1) is 0 Å². The molecule has 0 radical (unpaired) electrons. The Morgan fingerprint density at radius 2 is 2.12 bits per heavy atom. The van der Waals surface area contributed by atoms with Gasteiger partial charge in [0, 0.05) is 12.6 Å². The SMILES string of the molecule is CCCN(c1ncc([N+](=O)[O-])cn1)C1CC1. The third-order valence-electron chi connectivity index (χ3n) is 2.54. The predicted octanol–water partition coefficient (Wildman–Crippen LogP) is 1.76. The standard InChI is InChI=1S/C10H14N4O2/c1-2-5-13(8-3-4-8)10-11-6-9(7-12-10)14(15)16/h6-8H,2-5H2,1H3. The van der Waals surface area contributed by atoms with Gasteiger partial charge in [0.15, 0.2) is 0 Å². The van der Waals surface area contributed by atoms with E-state index in [9.17, 15) is 10.1 Å². The van der Waals surface area contributed by atoms with Crippen molar-refractivity contribution in [2.75, 3.05) is 11.4 Å². The minimum atomic E-state index is -0.481. The molecule has 1 saturated carbocycles. The quantitative estimate of drug-likeness (QED) is 0.560. The first kappa shape index (κ1) is 10.8. The predicted molar refractivity (Wildman–Crippen MR) is 59.3 cm³/mol. The molecule has 0 atom stereocenters. The van der Waals surface area contributed by atoms with Crippen LogP contribution in [0.2, 0.25) is 0 Å². The largest absolute Gasteiger partial charge is 0.338 e. The molecule has 1 aliphatic carbocycles. The molecule has 86 valence electrons. The average molecular weight is 222 g/mol. The molecule has 0 saturated heterocycles. The summed E-state index contributed by atoms with van der Waals surface area (Å²) in [6.07, 6.45) is 5.90. The fourth-order valence-corrected chi connectivity index (χ4v) is 1.63. The van der Waals surface area contributed by atoms with Crippen LogP contribution in [0.3, 0.4) is 0 Å². The Labute approximate surface area is 93.5 Å². The molecule has 6 heteroatoms. The summed E-state index contributed by atoms with van der Waals surface area (Å²) >= 11 is 0. The van der Waals surface area contributed by atoms with Crippen LogP contribution in [-0.4, -0.2) is 27.5 Å². The van der Waals surface area contributed by atoms with E-state index < -0.39 is 4.92 Å². The van der Waals surface area contributed by atoms with E-state index in [1.807, 2.05) is 0 Å². The topological polar surface area (TPSA) is 72.2 Å². The summed E-state index contributed by atoms with van der Waals surface area (Å²) in [5, 5.41) is 10.5. The van der Waals surface area contributed by atoms with E-state index in [4.69, 9.17) is 0 Å². The molecule has 0 aliphatic heterocycles. The second kappa shape index (κ2) is 4.42. The van der Waals surface area contributed by atoms with Gasteiger partial charge < -0.3 is 4.90 Å². The van der Waals surface area contributed by atoms with Gasteiger partial charge in [0.25, 0.3) is 0 Å². The number of hydrogen-bond donors (Lipinski definition) is 0. The number of anilines is 1. The van der Waals surface area contributed by atoms with Gasteiger partial charge in [0.05, 0.1) is 4.92 Å². The molecule has 1 heterocycles. The lowest BCUT2D eigenvalue weighted by atomic mass is 10.4. The van der Waals surface area contributed by atoms with E-state index in [1.54, 1.807) is 0 Å². The highest BCUT2D eigenvalue weighted by molar-refractivity contribution is 5.36. The molecule has 0 aromatic carbocycles. The highest BCUT2D eigenvalue weighted by Gasteiger charge is 2.30. The van der Waals surface area contributed by atoms with Crippen molar-refractivity contribution in [3.63, 3.8) is 0 Å². The van der Waals surface area contributed by atoms with Crippen molar-refractivity contribution >= 4 is 11.6 Å². The highest BCUT2D eigenvalue weighted by atomic mass is 16.6. The van der Waals surface area contributed by atoms with Crippen molar-refractivity contribution in [1.82, 2.24) is 9.97 Å². The molecular formula is C10H14N4O2. The summed E-state index contributed by atoms with van der Waals surface area (Å²) in [6.45, 7) is 3.00. The fourth-order valence-electron chi connectivity index (χ4n) is 1.63. The Bertz CT molecular complexity index is 375. The summed E-state index contributed by atoms with van der Waals surface area (Å²) < 4.78 is 0. The molecule has 1 aromatic heterocycles. The molecule has 0 unspecified atom stereocenters. The monoisotopic (exact) mass is 222 g/mol. The first-order valence-corrected chi connectivity index (χ1v) is 5.45. The molecular weight excluding hydrogens is 208 g/mol. The van der Waals surface area contributed by atoms with Crippen LogP contribution in [0.4, 0.5) is 11.6 Å². The molecule has 16 heavy (non-hydrogen) atoms. The third-order valence-corrected chi connectivity index (χ3v) is 2.54. The van der Waals surface area contributed by atoms with Gasteiger partial charge >= 0.3 is 5.69 Å². The second-order valence-electron chi connectivity index (χ2n) is 3.92. The van der Waals surface area contributed by atoms with Crippen molar-refractivity contribution in [2.45, 2.75) is 32.2 Å². The van der Waals surface area contributed by atoms with E-state index in [0.29, 0.717) is 12.0 Å². The molecule has 0 amide bonds. The van der Waals surface area contributed by atoms with Crippen molar-refractivity contribution in [3.8, 4) is 0 Å². The molecule has 1 fully saturated rings. The molecule has 0 N–H and O–H groups in total. The number of rotatable bonds is 5. The normalized spacial score (nSPS) is 14.8. The maximum Gasteiger partial charge on any atom is 0.305 e. The van der Waals surface area contributed by atoms with Gasteiger partial charge in [-0.1, -0.05) is 6.92 Å². The number of nitro groups is 1. The van der Waals surface area contributed by atoms with E-state index in [1.165, 1.54) is 25.2 Å². The first-order valence-electron chi connectivity index (χ1n) is 5.45. The zero-order valence-corrected chi connectivity index (χ0v) is 9.17.